The predicted molar refractivity (Wildman–Crippen MR) is 45.1 cm³/mol. The maximum atomic E-state index is 10.9. The zero-order chi connectivity index (χ0) is 9.56. The van der Waals surface area contributed by atoms with Gasteiger partial charge in [-0.15, -0.1) is 0 Å². The summed E-state index contributed by atoms with van der Waals surface area (Å²) in [4.78, 5) is 22.9. The molecule has 0 aliphatic rings. The molecule has 0 aromatic carbocycles. The third-order valence-corrected chi connectivity index (χ3v) is 1.31. The molecule has 0 aromatic rings. The molecular formula is C7H15N3O2. The Labute approximate surface area is 72.1 Å². The first kappa shape index (κ1) is 10.9. The summed E-state index contributed by atoms with van der Waals surface area (Å²) >= 11 is 0. The molecule has 0 rings (SSSR count). The second-order valence-electron chi connectivity index (χ2n) is 2.46. The molecule has 70 valence electrons. The number of nitrogens with zero attached hydrogens (tertiary/aromatic N) is 1. The summed E-state index contributed by atoms with van der Waals surface area (Å²) in [5, 5.41) is 5.36. The van der Waals surface area contributed by atoms with Crippen LogP contribution in [0.15, 0.2) is 0 Å². The van der Waals surface area contributed by atoms with Gasteiger partial charge < -0.3 is 15.5 Å². The van der Waals surface area contributed by atoms with Crippen LogP contribution in [0.2, 0.25) is 0 Å². The van der Waals surface area contributed by atoms with Gasteiger partial charge in [-0.1, -0.05) is 0 Å². The fraction of sp³-hybridized carbons (Fsp3) is 0.714. The van der Waals surface area contributed by atoms with E-state index in [0.29, 0.717) is 6.67 Å². The largest absolute Gasteiger partial charge is 0.339 e. The van der Waals surface area contributed by atoms with E-state index in [-0.39, 0.29) is 18.5 Å². The van der Waals surface area contributed by atoms with E-state index in [1.807, 2.05) is 0 Å². The van der Waals surface area contributed by atoms with E-state index in [0.717, 1.165) is 0 Å². The quantitative estimate of drug-likeness (QED) is 0.542. The molecule has 0 spiro atoms. The smallest absolute Gasteiger partial charge is 0.221 e. The SMILES string of the molecule is CNCN(CNC(C)=O)C(C)=O. The molecule has 0 unspecified atom stereocenters. The maximum Gasteiger partial charge on any atom is 0.221 e. The Kier molecular flexibility index (Phi) is 5.03. The second-order valence-corrected chi connectivity index (χ2v) is 2.46. The van der Waals surface area contributed by atoms with Crippen LogP contribution in [0, 0.1) is 0 Å². The Morgan fingerprint density at radius 2 is 1.83 bits per heavy atom. The van der Waals surface area contributed by atoms with Crippen LogP contribution in [0.3, 0.4) is 0 Å². The number of carbonyl (C=O) groups is 2. The van der Waals surface area contributed by atoms with Crippen molar-refractivity contribution in [3.63, 3.8) is 0 Å². The fourth-order valence-electron chi connectivity index (χ4n) is 0.676. The van der Waals surface area contributed by atoms with Gasteiger partial charge in [0.2, 0.25) is 11.8 Å². The first-order valence-corrected chi connectivity index (χ1v) is 3.72. The first-order chi connectivity index (χ1) is 5.57. The fourth-order valence-corrected chi connectivity index (χ4v) is 0.676. The summed E-state index contributed by atoms with van der Waals surface area (Å²) < 4.78 is 0. The number of hydrogen-bond donors (Lipinski definition) is 2. The van der Waals surface area contributed by atoms with Crippen molar-refractivity contribution in [2.45, 2.75) is 13.8 Å². The van der Waals surface area contributed by atoms with Crippen molar-refractivity contribution in [2.75, 3.05) is 20.4 Å². The Hall–Kier alpha value is -1.10. The standard InChI is InChI=1S/C7H15N3O2/c1-6(11)9-5-10(4-8-3)7(2)12/h8H,4-5H2,1-3H3,(H,9,11). The van der Waals surface area contributed by atoms with E-state index in [9.17, 15) is 9.59 Å². The third kappa shape index (κ3) is 4.68. The van der Waals surface area contributed by atoms with Gasteiger partial charge in [0.05, 0.1) is 13.3 Å². The molecule has 12 heavy (non-hydrogen) atoms. The van der Waals surface area contributed by atoms with Crippen LogP contribution in [-0.4, -0.2) is 37.1 Å². The molecule has 0 radical (unpaired) electrons. The topological polar surface area (TPSA) is 61.4 Å². The highest BCUT2D eigenvalue weighted by atomic mass is 16.2. The van der Waals surface area contributed by atoms with Crippen LogP contribution in [0.1, 0.15) is 13.8 Å². The highest BCUT2D eigenvalue weighted by Crippen LogP contribution is 1.83. The number of rotatable bonds is 4. The molecule has 2 amide bonds. The zero-order valence-electron chi connectivity index (χ0n) is 7.68. The zero-order valence-corrected chi connectivity index (χ0v) is 7.68. The van der Waals surface area contributed by atoms with E-state index in [2.05, 4.69) is 10.6 Å². The normalized spacial score (nSPS) is 9.25. The number of hydrogen-bond acceptors (Lipinski definition) is 3. The molecule has 0 heterocycles. The summed E-state index contributed by atoms with van der Waals surface area (Å²) in [6, 6.07) is 0. The summed E-state index contributed by atoms with van der Waals surface area (Å²) in [6.45, 7) is 3.57. The Balaban J connectivity index is 3.79. The van der Waals surface area contributed by atoms with Crippen molar-refractivity contribution in [3.8, 4) is 0 Å². The Bertz CT molecular complexity index is 170. The highest BCUT2D eigenvalue weighted by molar-refractivity contribution is 5.75. The van der Waals surface area contributed by atoms with Gasteiger partial charge in [0, 0.05) is 13.8 Å². The van der Waals surface area contributed by atoms with Crippen LogP contribution in [0.5, 0.6) is 0 Å². The number of carbonyl (C=O) groups excluding carboxylic acids is 2. The minimum Gasteiger partial charge on any atom is -0.339 e. The van der Waals surface area contributed by atoms with Crippen LogP contribution in [-0.2, 0) is 9.59 Å². The van der Waals surface area contributed by atoms with E-state index in [1.165, 1.54) is 18.7 Å². The molecule has 0 bridgehead atoms. The molecule has 0 atom stereocenters. The molecule has 0 aliphatic heterocycles. The summed E-state index contributed by atoms with van der Waals surface area (Å²) in [5.41, 5.74) is 0. The predicted octanol–water partition coefficient (Wildman–Crippen LogP) is -0.895. The number of amides is 2. The lowest BCUT2D eigenvalue weighted by Gasteiger charge is -2.20. The molecule has 0 aliphatic carbocycles. The van der Waals surface area contributed by atoms with Gasteiger partial charge in [-0.2, -0.15) is 0 Å². The first-order valence-electron chi connectivity index (χ1n) is 3.72. The van der Waals surface area contributed by atoms with Gasteiger partial charge in [0.15, 0.2) is 0 Å². The van der Waals surface area contributed by atoms with Gasteiger partial charge in [0.25, 0.3) is 0 Å². The van der Waals surface area contributed by atoms with E-state index >= 15 is 0 Å². The van der Waals surface area contributed by atoms with Crippen LogP contribution in [0.4, 0.5) is 0 Å². The molecule has 0 saturated carbocycles. The third-order valence-electron chi connectivity index (χ3n) is 1.31. The minimum absolute atomic E-state index is 0.0712. The summed E-state index contributed by atoms with van der Waals surface area (Å²) in [6.07, 6.45) is 0. The lowest BCUT2D eigenvalue weighted by molar-refractivity contribution is -0.130. The molecule has 0 aromatic heterocycles. The van der Waals surface area contributed by atoms with Crippen molar-refractivity contribution >= 4 is 11.8 Å². The average Bonchev–Trinajstić information content (AvgIpc) is 1.96. The van der Waals surface area contributed by atoms with Gasteiger partial charge in [0.1, 0.15) is 0 Å². The van der Waals surface area contributed by atoms with Crippen LogP contribution < -0.4 is 10.6 Å². The van der Waals surface area contributed by atoms with Crippen LogP contribution in [0.25, 0.3) is 0 Å². The summed E-state index contributed by atoms with van der Waals surface area (Å²) in [5.74, 6) is -0.213. The number of nitrogens with one attached hydrogen (secondary N) is 2. The van der Waals surface area contributed by atoms with E-state index in [4.69, 9.17) is 0 Å². The van der Waals surface area contributed by atoms with Gasteiger partial charge in [-0.3, -0.25) is 9.59 Å². The monoisotopic (exact) mass is 173 g/mol. The molecule has 0 saturated heterocycles. The Morgan fingerprint density at radius 1 is 1.25 bits per heavy atom. The minimum atomic E-state index is -0.141. The Morgan fingerprint density at radius 3 is 2.17 bits per heavy atom. The van der Waals surface area contributed by atoms with E-state index < -0.39 is 0 Å². The van der Waals surface area contributed by atoms with Crippen LogP contribution >= 0.6 is 0 Å². The lowest BCUT2D eigenvalue weighted by atomic mass is 10.6. The van der Waals surface area contributed by atoms with Crippen molar-refractivity contribution in [1.82, 2.24) is 15.5 Å². The van der Waals surface area contributed by atoms with Gasteiger partial charge in [-0.25, -0.2) is 0 Å². The van der Waals surface area contributed by atoms with Crippen molar-refractivity contribution < 1.29 is 9.59 Å². The van der Waals surface area contributed by atoms with Crippen molar-refractivity contribution in [3.05, 3.63) is 0 Å². The van der Waals surface area contributed by atoms with Gasteiger partial charge in [-0.05, 0) is 7.05 Å². The second kappa shape index (κ2) is 5.54. The molecule has 5 heteroatoms. The lowest BCUT2D eigenvalue weighted by Crippen LogP contribution is -2.43. The molecular weight excluding hydrogens is 158 g/mol. The molecule has 0 fully saturated rings. The molecule has 5 nitrogen and oxygen atoms in total. The summed E-state index contributed by atoms with van der Waals surface area (Å²) in [7, 11) is 1.74. The van der Waals surface area contributed by atoms with Gasteiger partial charge >= 0.3 is 0 Å². The van der Waals surface area contributed by atoms with Crippen molar-refractivity contribution in [2.24, 2.45) is 0 Å². The van der Waals surface area contributed by atoms with Crippen molar-refractivity contribution in [1.29, 1.82) is 0 Å². The average molecular weight is 173 g/mol. The molecule has 2 N–H and O–H groups in total. The maximum absolute atomic E-state index is 10.9. The highest BCUT2D eigenvalue weighted by Gasteiger charge is 2.06. The van der Waals surface area contributed by atoms with E-state index in [1.54, 1.807) is 7.05 Å².